The highest BCUT2D eigenvalue weighted by Crippen LogP contribution is 2.20. The van der Waals surface area contributed by atoms with Crippen molar-refractivity contribution in [2.24, 2.45) is 0 Å². The van der Waals surface area contributed by atoms with Gasteiger partial charge in [0, 0.05) is 5.56 Å². The first-order valence-electron chi connectivity index (χ1n) is 5.79. The van der Waals surface area contributed by atoms with E-state index in [1.165, 1.54) is 0 Å². The number of rotatable bonds is 3. The summed E-state index contributed by atoms with van der Waals surface area (Å²) < 4.78 is 0. The molecule has 0 saturated carbocycles. The molecule has 2 aromatic rings. The molecule has 2 N–H and O–H groups in total. The average Bonchev–Trinajstić information content (AvgIpc) is 2.39. The number of anilines is 1. The van der Waals surface area contributed by atoms with Crippen molar-refractivity contribution >= 4 is 17.6 Å². The van der Waals surface area contributed by atoms with Crippen molar-refractivity contribution in [3.05, 3.63) is 65.2 Å². The Balaban J connectivity index is 2.32. The second-order valence-corrected chi connectivity index (χ2v) is 4.12. The first-order chi connectivity index (χ1) is 9.09. The van der Waals surface area contributed by atoms with Gasteiger partial charge in [-0.2, -0.15) is 0 Å². The van der Waals surface area contributed by atoms with Crippen LogP contribution in [0.1, 0.15) is 26.3 Å². The number of aromatic carboxylic acids is 1. The number of carboxylic acids is 1. The molecule has 0 saturated heterocycles. The fourth-order valence-electron chi connectivity index (χ4n) is 1.84. The topological polar surface area (TPSA) is 66.4 Å². The molecule has 2 rings (SSSR count). The lowest BCUT2D eigenvalue weighted by Crippen LogP contribution is -2.15. The van der Waals surface area contributed by atoms with Gasteiger partial charge in [0.25, 0.3) is 5.91 Å². The van der Waals surface area contributed by atoms with Crippen molar-refractivity contribution in [3.63, 3.8) is 0 Å². The highest BCUT2D eigenvalue weighted by atomic mass is 16.4. The summed E-state index contributed by atoms with van der Waals surface area (Å²) in [6.07, 6.45) is 0. The largest absolute Gasteiger partial charge is 0.478 e. The van der Waals surface area contributed by atoms with E-state index in [4.69, 9.17) is 0 Å². The lowest BCUT2D eigenvalue weighted by molar-refractivity contribution is 0.0697. The molecule has 0 bridgehead atoms. The van der Waals surface area contributed by atoms with E-state index in [0.717, 1.165) is 0 Å². The molecule has 0 radical (unpaired) electrons. The second kappa shape index (κ2) is 5.35. The first-order valence-corrected chi connectivity index (χ1v) is 5.79. The highest BCUT2D eigenvalue weighted by Gasteiger charge is 2.15. The molecular formula is C15H13NO3. The number of carbonyl (C=O) groups excluding carboxylic acids is 1. The molecule has 0 aliphatic carbocycles. The lowest BCUT2D eigenvalue weighted by Gasteiger charge is -2.10. The SMILES string of the molecule is Cc1cccc(NC(=O)c2ccccc2)c1C(=O)O. The van der Waals surface area contributed by atoms with E-state index in [-0.39, 0.29) is 11.5 Å². The van der Waals surface area contributed by atoms with Crippen molar-refractivity contribution in [2.75, 3.05) is 5.32 Å². The zero-order chi connectivity index (χ0) is 13.8. The minimum Gasteiger partial charge on any atom is -0.478 e. The molecule has 2 aromatic carbocycles. The van der Waals surface area contributed by atoms with Crippen LogP contribution in [-0.2, 0) is 0 Å². The van der Waals surface area contributed by atoms with Gasteiger partial charge < -0.3 is 10.4 Å². The number of hydrogen-bond acceptors (Lipinski definition) is 2. The highest BCUT2D eigenvalue weighted by molar-refractivity contribution is 6.08. The molecule has 4 nitrogen and oxygen atoms in total. The predicted octanol–water partition coefficient (Wildman–Crippen LogP) is 2.95. The van der Waals surface area contributed by atoms with Crippen LogP contribution in [0.3, 0.4) is 0 Å². The smallest absolute Gasteiger partial charge is 0.338 e. The van der Waals surface area contributed by atoms with Gasteiger partial charge in [-0.15, -0.1) is 0 Å². The molecule has 19 heavy (non-hydrogen) atoms. The molecule has 0 atom stereocenters. The average molecular weight is 255 g/mol. The third-order valence-corrected chi connectivity index (χ3v) is 2.77. The van der Waals surface area contributed by atoms with E-state index in [0.29, 0.717) is 16.8 Å². The van der Waals surface area contributed by atoms with Gasteiger partial charge in [0.15, 0.2) is 0 Å². The Hall–Kier alpha value is -2.62. The third-order valence-electron chi connectivity index (χ3n) is 2.77. The number of carboxylic acid groups (broad SMARTS) is 1. The van der Waals surface area contributed by atoms with Gasteiger partial charge in [-0.05, 0) is 30.7 Å². The van der Waals surface area contributed by atoms with Crippen LogP contribution in [-0.4, -0.2) is 17.0 Å². The molecule has 0 fully saturated rings. The van der Waals surface area contributed by atoms with Crippen LogP contribution in [0, 0.1) is 6.92 Å². The van der Waals surface area contributed by atoms with E-state index in [9.17, 15) is 14.7 Å². The molecule has 0 spiro atoms. The fraction of sp³-hybridized carbons (Fsp3) is 0.0667. The minimum atomic E-state index is -1.05. The van der Waals surface area contributed by atoms with E-state index < -0.39 is 5.97 Å². The quantitative estimate of drug-likeness (QED) is 0.886. The number of benzene rings is 2. The van der Waals surface area contributed by atoms with E-state index >= 15 is 0 Å². The van der Waals surface area contributed by atoms with Crippen molar-refractivity contribution in [2.45, 2.75) is 6.92 Å². The Morgan fingerprint density at radius 3 is 2.32 bits per heavy atom. The first kappa shape index (κ1) is 12.8. The minimum absolute atomic E-state index is 0.117. The Morgan fingerprint density at radius 2 is 1.68 bits per heavy atom. The molecular weight excluding hydrogens is 242 g/mol. The second-order valence-electron chi connectivity index (χ2n) is 4.12. The fourth-order valence-corrected chi connectivity index (χ4v) is 1.84. The summed E-state index contributed by atoms with van der Waals surface area (Å²) in [4.78, 5) is 23.2. The van der Waals surface area contributed by atoms with Gasteiger partial charge in [-0.1, -0.05) is 30.3 Å². The Morgan fingerprint density at radius 1 is 1.00 bits per heavy atom. The van der Waals surface area contributed by atoms with Crippen molar-refractivity contribution < 1.29 is 14.7 Å². The van der Waals surface area contributed by atoms with Crippen LogP contribution in [0.15, 0.2) is 48.5 Å². The maximum atomic E-state index is 12.0. The Bertz CT molecular complexity index is 621. The van der Waals surface area contributed by atoms with E-state index in [1.54, 1.807) is 49.4 Å². The van der Waals surface area contributed by atoms with Crippen LogP contribution in [0.4, 0.5) is 5.69 Å². The van der Waals surface area contributed by atoms with Gasteiger partial charge in [0.2, 0.25) is 0 Å². The van der Waals surface area contributed by atoms with Crippen molar-refractivity contribution in [1.82, 2.24) is 0 Å². The maximum Gasteiger partial charge on any atom is 0.338 e. The summed E-state index contributed by atoms with van der Waals surface area (Å²) in [5.74, 6) is -1.38. The molecule has 96 valence electrons. The zero-order valence-electron chi connectivity index (χ0n) is 10.4. The summed E-state index contributed by atoms with van der Waals surface area (Å²) >= 11 is 0. The number of aryl methyl sites for hydroxylation is 1. The number of nitrogens with one attached hydrogen (secondary N) is 1. The predicted molar refractivity (Wildman–Crippen MR) is 72.5 cm³/mol. The monoisotopic (exact) mass is 255 g/mol. The summed E-state index contributed by atoms with van der Waals surface area (Å²) in [5, 5.41) is 11.8. The molecule has 1 amide bonds. The van der Waals surface area contributed by atoms with Crippen LogP contribution in [0.2, 0.25) is 0 Å². The molecule has 0 aromatic heterocycles. The van der Waals surface area contributed by atoms with Gasteiger partial charge in [0.1, 0.15) is 0 Å². The van der Waals surface area contributed by atoms with Gasteiger partial charge in [0.05, 0.1) is 11.3 Å². The lowest BCUT2D eigenvalue weighted by atomic mass is 10.1. The molecule has 0 aliphatic rings. The normalized spacial score (nSPS) is 9.95. The molecule has 0 unspecified atom stereocenters. The summed E-state index contributed by atoms with van der Waals surface area (Å²) in [6.45, 7) is 1.70. The Kier molecular flexibility index (Phi) is 3.61. The van der Waals surface area contributed by atoms with E-state index in [1.807, 2.05) is 6.07 Å². The molecule has 0 aliphatic heterocycles. The van der Waals surface area contributed by atoms with Crippen LogP contribution in [0.25, 0.3) is 0 Å². The van der Waals surface area contributed by atoms with E-state index in [2.05, 4.69) is 5.32 Å². The third kappa shape index (κ3) is 2.80. The summed E-state index contributed by atoms with van der Waals surface area (Å²) in [6, 6.07) is 13.6. The number of amides is 1. The van der Waals surface area contributed by atoms with Gasteiger partial charge >= 0.3 is 5.97 Å². The molecule has 0 heterocycles. The van der Waals surface area contributed by atoms with Crippen LogP contribution in [0.5, 0.6) is 0 Å². The number of carbonyl (C=O) groups is 2. The van der Waals surface area contributed by atoms with Gasteiger partial charge in [-0.25, -0.2) is 4.79 Å². The standard InChI is InChI=1S/C15H13NO3/c1-10-6-5-9-12(13(10)15(18)19)16-14(17)11-7-3-2-4-8-11/h2-9H,1H3,(H,16,17)(H,18,19). The Labute approximate surface area is 110 Å². The summed E-state index contributed by atoms with van der Waals surface area (Å²) in [5.41, 5.74) is 1.52. The summed E-state index contributed by atoms with van der Waals surface area (Å²) in [7, 11) is 0. The maximum absolute atomic E-state index is 12.0. The number of hydrogen-bond donors (Lipinski definition) is 2. The van der Waals surface area contributed by atoms with Crippen molar-refractivity contribution in [1.29, 1.82) is 0 Å². The molecule has 4 heteroatoms. The van der Waals surface area contributed by atoms with Crippen molar-refractivity contribution in [3.8, 4) is 0 Å². The van der Waals surface area contributed by atoms with Crippen LogP contribution < -0.4 is 5.32 Å². The van der Waals surface area contributed by atoms with Gasteiger partial charge in [-0.3, -0.25) is 4.79 Å². The zero-order valence-corrected chi connectivity index (χ0v) is 10.4. The van der Waals surface area contributed by atoms with Crippen LogP contribution >= 0.6 is 0 Å².